The zero-order chi connectivity index (χ0) is 7.15. The van der Waals surface area contributed by atoms with Crippen LogP contribution in [0.15, 0.2) is 0 Å². The van der Waals surface area contributed by atoms with Crippen molar-refractivity contribution < 1.29 is 45.9 Å². The molecule has 0 heterocycles. The van der Waals surface area contributed by atoms with Crippen LogP contribution in [0.3, 0.4) is 0 Å². The van der Waals surface area contributed by atoms with Crippen molar-refractivity contribution in [1.29, 1.82) is 10.8 Å². The summed E-state index contributed by atoms with van der Waals surface area (Å²) in [5.74, 6) is 0. The summed E-state index contributed by atoms with van der Waals surface area (Å²) in [4.78, 5) is 0. The van der Waals surface area contributed by atoms with Gasteiger partial charge in [-0.05, 0) is 27.7 Å². The van der Waals surface area contributed by atoms with Crippen LogP contribution in [0.2, 0.25) is 0 Å². The standard InChI is InChI=1S/2C3H7N.2ClH.Pt/c2*1-3(2)4;;;/h2*4H,1-2H3;2*1H;/q;;;;+2/p-2. The molecule has 0 aliphatic heterocycles. The summed E-state index contributed by atoms with van der Waals surface area (Å²) in [5, 5.41) is 13.0. The average Bonchev–Trinajstić information content (AvgIpc) is 1.25. The number of nitrogens with one attached hydrogen (secondary N) is 2. The molecule has 2 nitrogen and oxygen atoms in total. The van der Waals surface area contributed by atoms with Gasteiger partial charge in [0.25, 0.3) is 0 Å². The SMILES string of the molecule is CC(C)=N.CC(C)=N.[Cl-].[Cl-].[Pt+2]. The molecule has 0 unspecified atom stereocenters. The quantitative estimate of drug-likeness (QED) is 0.404. The molecule has 5 heteroatoms. The maximum absolute atomic E-state index is 6.50. The van der Waals surface area contributed by atoms with Crippen LogP contribution in [-0.2, 0) is 21.1 Å². The Morgan fingerprint density at radius 3 is 0.727 bits per heavy atom. The van der Waals surface area contributed by atoms with Crippen LogP contribution >= 0.6 is 0 Å². The summed E-state index contributed by atoms with van der Waals surface area (Å²) in [6, 6.07) is 0. The van der Waals surface area contributed by atoms with E-state index in [1.54, 1.807) is 27.7 Å². The number of rotatable bonds is 0. The van der Waals surface area contributed by atoms with Gasteiger partial charge in [0.2, 0.25) is 0 Å². The summed E-state index contributed by atoms with van der Waals surface area (Å²) in [7, 11) is 0. The molecule has 0 saturated heterocycles. The minimum Gasteiger partial charge on any atom is -1.00 e. The van der Waals surface area contributed by atoms with Gasteiger partial charge >= 0.3 is 21.1 Å². The number of halogens is 2. The summed E-state index contributed by atoms with van der Waals surface area (Å²) in [6.45, 7) is 7.00. The fraction of sp³-hybridized carbons (Fsp3) is 0.667. The van der Waals surface area contributed by atoms with Crippen molar-refractivity contribution in [2.24, 2.45) is 0 Å². The van der Waals surface area contributed by atoms with E-state index in [0.717, 1.165) is 0 Å². The first-order valence-corrected chi connectivity index (χ1v) is 2.50. The third kappa shape index (κ3) is 2120. The van der Waals surface area contributed by atoms with Crippen LogP contribution in [0.4, 0.5) is 0 Å². The Bertz CT molecular complexity index is 76.6. The van der Waals surface area contributed by atoms with Crippen molar-refractivity contribution in [2.75, 3.05) is 0 Å². The molecule has 0 aromatic carbocycles. The predicted molar refractivity (Wildman–Crippen MR) is 38.1 cm³/mol. The first-order chi connectivity index (χ1) is 3.46. The topological polar surface area (TPSA) is 47.7 Å². The summed E-state index contributed by atoms with van der Waals surface area (Å²) >= 11 is 0. The monoisotopic (exact) mass is 379 g/mol. The van der Waals surface area contributed by atoms with Gasteiger partial charge in [-0.2, -0.15) is 0 Å². The normalized spacial score (nSPS) is 4.73. The Morgan fingerprint density at radius 1 is 0.727 bits per heavy atom. The predicted octanol–water partition coefficient (Wildman–Crippen LogP) is -3.90. The van der Waals surface area contributed by atoms with Crippen molar-refractivity contribution in [3.8, 4) is 0 Å². The molecule has 0 amide bonds. The van der Waals surface area contributed by atoms with Crippen LogP contribution in [-0.4, -0.2) is 11.4 Å². The first-order valence-electron chi connectivity index (χ1n) is 2.50. The summed E-state index contributed by atoms with van der Waals surface area (Å²) in [5.41, 5.74) is 1.33. The van der Waals surface area contributed by atoms with E-state index in [2.05, 4.69) is 0 Å². The first kappa shape index (κ1) is 29.9. The van der Waals surface area contributed by atoms with E-state index in [1.807, 2.05) is 0 Å². The van der Waals surface area contributed by atoms with Gasteiger partial charge in [0.05, 0.1) is 0 Å². The molecule has 0 spiro atoms. The number of hydrogen-bond donors (Lipinski definition) is 2. The van der Waals surface area contributed by atoms with Gasteiger partial charge in [-0.3, -0.25) is 0 Å². The Morgan fingerprint density at radius 2 is 0.727 bits per heavy atom. The van der Waals surface area contributed by atoms with Gasteiger partial charge in [-0.15, -0.1) is 0 Å². The Kier molecular flexibility index (Phi) is 61.0. The third-order valence-electron chi connectivity index (χ3n) is 0. The van der Waals surface area contributed by atoms with E-state index in [0.29, 0.717) is 11.4 Å². The minimum atomic E-state index is 0. The van der Waals surface area contributed by atoms with E-state index in [1.165, 1.54) is 0 Å². The molecule has 0 rings (SSSR count). The smallest absolute Gasteiger partial charge is 1.00 e. The second-order valence-corrected chi connectivity index (χ2v) is 2.00. The summed E-state index contributed by atoms with van der Waals surface area (Å²) < 4.78 is 0. The van der Waals surface area contributed by atoms with Gasteiger partial charge in [0.15, 0.2) is 0 Å². The van der Waals surface area contributed by atoms with Gasteiger partial charge in [-0.25, -0.2) is 0 Å². The molecule has 11 heavy (non-hydrogen) atoms. The largest absolute Gasteiger partial charge is 2.00 e. The van der Waals surface area contributed by atoms with E-state index >= 15 is 0 Å². The van der Waals surface area contributed by atoms with Crippen molar-refractivity contribution in [2.45, 2.75) is 27.7 Å². The molecule has 0 atom stereocenters. The molecule has 0 bridgehead atoms. The molecule has 0 fully saturated rings. The van der Waals surface area contributed by atoms with Crippen molar-refractivity contribution in [3.63, 3.8) is 0 Å². The summed E-state index contributed by atoms with van der Waals surface area (Å²) in [6.07, 6.45) is 0. The van der Waals surface area contributed by atoms with E-state index in [-0.39, 0.29) is 45.9 Å². The van der Waals surface area contributed by atoms with Crippen molar-refractivity contribution in [1.82, 2.24) is 0 Å². The molecule has 0 aliphatic carbocycles. The van der Waals surface area contributed by atoms with Crippen LogP contribution in [0.1, 0.15) is 27.7 Å². The maximum Gasteiger partial charge on any atom is 2.00 e. The zero-order valence-corrected chi connectivity index (χ0v) is 10.9. The van der Waals surface area contributed by atoms with Crippen LogP contribution < -0.4 is 24.8 Å². The maximum atomic E-state index is 6.50. The fourth-order valence-electron chi connectivity index (χ4n) is 0. The third-order valence-corrected chi connectivity index (χ3v) is 0. The number of hydrogen-bond acceptors (Lipinski definition) is 2. The second-order valence-electron chi connectivity index (χ2n) is 2.00. The second kappa shape index (κ2) is 22.4. The molecular formula is C6H14Cl2N2Pt. The Hall–Kier alpha value is 0.608. The fourth-order valence-corrected chi connectivity index (χ4v) is 0. The Labute approximate surface area is 95.6 Å². The average molecular weight is 380 g/mol. The van der Waals surface area contributed by atoms with Gasteiger partial charge in [0.1, 0.15) is 0 Å². The Balaban J connectivity index is -0.0000000171. The van der Waals surface area contributed by atoms with Crippen molar-refractivity contribution in [3.05, 3.63) is 0 Å². The molecule has 0 aromatic heterocycles. The van der Waals surface area contributed by atoms with E-state index in [9.17, 15) is 0 Å². The van der Waals surface area contributed by atoms with E-state index < -0.39 is 0 Å². The molecule has 0 radical (unpaired) electrons. The van der Waals surface area contributed by atoms with Gasteiger partial charge in [0, 0.05) is 11.4 Å². The molecule has 0 aliphatic rings. The minimum absolute atomic E-state index is 0. The van der Waals surface area contributed by atoms with Crippen LogP contribution in [0, 0.1) is 10.8 Å². The molecule has 2 N–H and O–H groups in total. The molecular weight excluding hydrogens is 366 g/mol. The zero-order valence-electron chi connectivity index (χ0n) is 7.07. The van der Waals surface area contributed by atoms with Gasteiger partial charge in [-0.1, -0.05) is 0 Å². The van der Waals surface area contributed by atoms with Crippen molar-refractivity contribution >= 4 is 11.4 Å². The van der Waals surface area contributed by atoms with E-state index in [4.69, 9.17) is 10.8 Å². The molecule has 0 saturated carbocycles. The van der Waals surface area contributed by atoms with Crippen LogP contribution in [0.25, 0.3) is 0 Å². The molecule has 72 valence electrons. The van der Waals surface area contributed by atoms with Crippen LogP contribution in [0.5, 0.6) is 0 Å². The molecule has 0 aromatic rings. The van der Waals surface area contributed by atoms with Gasteiger partial charge < -0.3 is 35.6 Å².